The number of amides is 1. The standard InChI is InChI=1S/C18H29N3O/c19-17-10-6-5-7-15(17)11-12-18(22)21-14-13-20-16-8-3-1-2-4-9-16/h5-7,10,16,20H,1-4,8-9,11-14,19H2,(H,21,22). The zero-order valence-corrected chi connectivity index (χ0v) is 13.4. The predicted molar refractivity (Wildman–Crippen MR) is 91.7 cm³/mol. The normalized spacial score (nSPS) is 16.2. The molecule has 2 rings (SSSR count). The van der Waals surface area contributed by atoms with E-state index in [0.29, 0.717) is 25.4 Å². The lowest BCUT2D eigenvalue weighted by molar-refractivity contribution is -0.121. The van der Waals surface area contributed by atoms with Crippen LogP contribution in [0.25, 0.3) is 0 Å². The second-order valence-electron chi connectivity index (χ2n) is 6.19. The summed E-state index contributed by atoms with van der Waals surface area (Å²) in [7, 11) is 0. The Morgan fingerprint density at radius 1 is 1.09 bits per heavy atom. The molecule has 1 aromatic rings. The Labute approximate surface area is 133 Å². The van der Waals surface area contributed by atoms with Crippen molar-refractivity contribution in [2.24, 2.45) is 0 Å². The molecule has 0 bridgehead atoms. The summed E-state index contributed by atoms with van der Waals surface area (Å²) in [6.07, 6.45) is 9.18. The van der Waals surface area contributed by atoms with Crippen LogP contribution in [0.1, 0.15) is 50.5 Å². The molecule has 0 atom stereocenters. The van der Waals surface area contributed by atoms with E-state index in [-0.39, 0.29) is 5.91 Å². The van der Waals surface area contributed by atoms with Gasteiger partial charge in [0.15, 0.2) is 0 Å². The number of benzene rings is 1. The van der Waals surface area contributed by atoms with Gasteiger partial charge in [0, 0.05) is 31.2 Å². The molecule has 0 aromatic heterocycles. The first-order valence-electron chi connectivity index (χ1n) is 8.59. The Bertz CT molecular complexity index is 453. The monoisotopic (exact) mass is 303 g/mol. The second-order valence-corrected chi connectivity index (χ2v) is 6.19. The number of nitrogens with two attached hydrogens (primary N) is 1. The van der Waals surface area contributed by atoms with E-state index in [1.165, 1.54) is 38.5 Å². The molecule has 4 N–H and O–H groups in total. The number of rotatable bonds is 7. The van der Waals surface area contributed by atoms with Crippen molar-refractivity contribution in [2.75, 3.05) is 18.8 Å². The number of anilines is 1. The first-order valence-corrected chi connectivity index (χ1v) is 8.59. The molecule has 0 heterocycles. The van der Waals surface area contributed by atoms with Gasteiger partial charge >= 0.3 is 0 Å². The van der Waals surface area contributed by atoms with Crippen molar-refractivity contribution in [3.05, 3.63) is 29.8 Å². The molecule has 0 spiro atoms. The summed E-state index contributed by atoms with van der Waals surface area (Å²) >= 11 is 0. The summed E-state index contributed by atoms with van der Waals surface area (Å²) in [5, 5.41) is 6.55. The van der Waals surface area contributed by atoms with Crippen molar-refractivity contribution in [2.45, 2.75) is 57.4 Å². The molecule has 1 saturated carbocycles. The van der Waals surface area contributed by atoms with Gasteiger partial charge in [-0.1, -0.05) is 43.9 Å². The van der Waals surface area contributed by atoms with E-state index in [1.807, 2.05) is 24.3 Å². The Balaban J connectivity index is 1.57. The highest BCUT2D eigenvalue weighted by Crippen LogP contribution is 2.16. The smallest absolute Gasteiger partial charge is 0.220 e. The molecule has 1 aliphatic carbocycles. The molecule has 4 nitrogen and oxygen atoms in total. The lowest BCUT2D eigenvalue weighted by atomic mass is 10.1. The minimum Gasteiger partial charge on any atom is -0.399 e. The summed E-state index contributed by atoms with van der Waals surface area (Å²) in [6.45, 7) is 1.57. The molecule has 1 amide bonds. The fourth-order valence-electron chi connectivity index (χ4n) is 3.06. The predicted octanol–water partition coefficient (Wildman–Crippen LogP) is 2.63. The van der Waals surface area contributed by atoms with Crippen molar-refractivity contribution >= 4 is 11.6 Å². The fourth-order valence-corrected chi connectivity index (χ4v) is 3.06. The van der Waals surface area contributed by atoms with Crippen molar-refractivity contribution in [1.29, 1.82) is 0 Å². The maximum Gasteiger partial charge on any atom is 0.220 e. The molecule has 0 saturated heterocycles. The maximum atomic E-state index is 11.9. The fraction of sp³-hybridized carbons (Fsp3) is 0.611. The van der Waals surface area contributed by atoms with Gasteiger partial charge in [-0.2, -0.15) is 0 Å². The van der Waals surface area contributed by atoms with Crippen molar-refractivity contribution in [3.8, 4) is 0 Å². The van der Waals surface area contributed by atoms with Crippen LogP contribution in [0.3, 0.4) is 0 Å². The molecule has 1 fully saturated rings. The SMILES string of the molecule is Nc1ccccc1CCC(=O)NCCNC1CCCCCC1. The van der Waals surface area contributed by atoms with Crippen molar-refractivity contribution in [3.63, 3.8) is 0 Å². The minimum atomic E-state index is 0.103. The molecule has 1 aliphatic rings. The van der Waals surface area contributed by atoms with Crippen LogP contribution >= 0.6 is 0 Å². The third-order valence-electron chi connectivity index (χ3n) is 4.41. The Morgan fingerprint density at radius 3 is 2.55 bits per heavy atom. The van der Waals surface area contributed by atoms with E-state index in [9.17, 15) is 4.79 Å². The van der Waals surface area contributed by atoms with Gasteiger partial charge in [0.25, 0.3) is 0 Å². The molecule has 4 heteroatoms. The van der Waals surface area contributed by atoms with Crippen LogP contribution in [0.2, 0.25) is 0 Å². The van der Waals surface area contributed by atoms with E-state index >= 15 is 0 Å². The first kappa shape index (κ1) is 16.8. The van der Waals surface area contributed by atoms with Gasteiger partial charge in [-0.05, 0) is 30.9 Å². The number of para-hydroxylation sites is 1. The molecule has 122 valence electrons. The molecule has 0 radical (unpaired) electrons. The minimum absolute atomic E-state index is 0.103. The van der Waals surface area contributed by atoms with Gasteiger partial charge in [0.2, 0.25) is 5.91 Å². The third-order valence-corrected chi connectivity index (χ3v) is 4.41. The number of carbonyl (C=O) groups is 1. The van der Waals surface area contributed by atoms with Gasteiger partial charge in [0.1, 0.15) is 0 Å². The number of carbonyl (C=O) groups excluding carboxylic acids is 1. The van der Waals surface area contributed by atoms with Crippen LogP contribution < -0.4 is 16.4 Å². The lowest BCUT2D eigenvalue weighted by Gasteiger charge is -2.16. The molecule has 1 aromatic carbocycles. The van der Waals surface area contributed by atoms with E-state index in [2.05, 4.69) is 10.6 Å². The Hall–Kier alpha value is -1.55. The summed E-state index contributed by atoms with van der Waals surface area (Å²) in [5.74, 6) is 0.103. The van der Waals surface area contributed by atoms with Gasteiger partial charge in [0.05, 0.1) is 0 Å². The van der Waals surface area contributed by atoms with Gasteiger partial charge < -0.3 is 16.4 Å². The van der Waals surface area contributed by atoms with Crippen LogP contribution in [0.4, 0.5) is 5.69 Å². The average molecular weight is 303 g/mol. The number of hydrogen-bond acceptors (Lipinski definition) is 3. The molecule has 22 heavy (non-hydrogen) atoms. The van der Waals surface area contributed by atoms with Gasteiger partial charge in [-0.15, -0.1) is 0 Å². The topological polar surface area (TPSA) is 67.2 Å². The van der Waals surface area contributed by atoms with Crippen LogP contribution in [0.5, 0.6) is 0 Å². The van der Waals surface area contributed by atoms with E-state index < -0.39 is 0 Å². The Morgan fingerprint density at radius 2 is 1.82 bits per heavy atom. The van der Waals surface area contributed by atoms with E-state index in [0.717, 1.165) is 17.8 Å². The van der Waals surface area contributed by atoms with Crippen LogP contribution in [-0.2, 0) is 11.2 Å². The molecule has 0 aliphatic heterocycles. The number of nitrogens with one attached hydrogen (secondary N) is 2. The van der Waals surface area contributed by atoms with E-state index in [1.54, 1.807) is 0 Å². The highest BCUT2D eigenvalue weighted by Gasteiger charge is 2.11. The highest BCUT2D eigenvalue weighted by molar-refractivity contribution is 5.76. The quantitative estimate of drug-likeness (QED) is 0.412. The van der Waals surface area contributed by atoms with Crippen LogP contribution in [0.15, 0.2) is 24.3 Å². The molecular weight excluding hydrogens is 274 g/mol. The van der Waals surface area contributed by atoms with Gasteiger partial charge in [-0.25, -0.2) is 0 Å². The van der Waals surface area contributed by atoms with Gasteiger partial charge in [-0.3, -0.25) is 4.79 Å². The van der Waals surface area contributed by atoms with E-state index in [4.69, 9.17) is 5.73 Å². The average Bonchev–Trinajstić information content (AvgIpc) is 2.79. The zero-order chi connectivity index (χ0) is 15.6. The maximum absolute atomic E-state index is 11.9. The summed E-state index contributed by atoms with van der Waals surface area (Å²) in [6, 6.07) is 8.38. The van der Waals surface area contributed by atoms with Crippen LogP contribution in [0, 0.1) is 0 Å². The Kier molecular flexibility index (Phi) is 7.23. The van der Waals surface area contributed by atoms with Crippen molar-refractivity contribution in [1.82, 2.24) is 10.6 Å². The second kappa shape index (κ2) is 9.46. The lowest BCUT2D eigenvalue weighted by Crippen LogP contribution is -2.36. The number of hydrogen-bond donors (Lipinski definition) is 3. The summed E-state index contributed by atoms with van der Waals surface area (Å²) in [5.41, 5.74) is 7.70. The summed E-state index contributed by atoms with van der Waals surface area (Å²) in [4.78, 5) is 11.9. The summed E-state index contributed by atoms with van der Waals surface area (Å²) < 4.78 is 0. The third kappa shape index (κ3) is 6.06. The zero-order valence-electron chi connectivity index (χ0n) is 13.4. The number of nitrogen functional groups attached to an aromatic ring is 1. The highest BCUT2D eigenvalue weighted by atomic mass is 16.1. The van der Waals surface area contributed by atoms with Crippen LogP contribution in [-0.4, -0.2) is 25.0 Å². The molecular formula is C18H29N3O. The number of aryl methyl sites for hydroxylation is 1. The van der Waals surface area contributed by atoms with Crippen molar-refractivity contribution < 1.29 is 4.79 Å². The first-order chi connectivity index (χ1) is 10.8. The molecule has 0 unspecified atom stereocenters. The largest absolute Gasteiger partial charge is 0.399 e.